The van der Waals surface area contributed by atoms with Crippen LogP contribution in [0.5, 0.6) is 11.5 Å². The number of aromatic nitrogens is 4. The fourth-order valence-electron chi connectivity index (χ4n) is 3.46. The van der Waals surface area contributed by atoms with Gasteiger partial charge in [0.2, 0.25) is 5.95 Å². The molecule has 0 unspecified atom stereocenters. The first kappa shape index (κ1) is 20.1. The van der Waals surface area contributed by atoms with E-state index in [1.165, 1.54) is 26.0 Å². The maximum Gasteiger partial charge on any atom is 0.355 e. The van der Waals surface area contributed by atoms with Crippen molar-refractivity contribution >= 4 is 17.7 Å². The first-order valence-corrected chi connectivity index (χ1v) is 9.28. The Bertz CT molecular complexity index is 1170. The number of allylic oxidation sites excluding steroid dienone is 1. The molecule has 0 spiro atoms. The molecule has 1 aliphatic rings. The largest absolute Gasteiger partial charge is 0.493 e. The minimum absolute atomic E-state index is 0.0292. The van der Waals surface area contributed by atoms with Crippen molar-refractivity contribution in [2.45, 2.75) is 6.04 Å². The third-order valence-corrected chi connectivity index (χ3v) is 4.91. The molecule has 0 fully saturated rings. The number of ether oxygens (including phenoxy) is 3. The van der Waals surface area contributed by atoms with Gasteiger partial charge in [0.1, 0.15) is 11.7 Å². The number of benzene rings is 2. The number of Topliss-reactive ketones (excluding diaryl/α,β-unsaturated/α-hetero) is 1. The minimum Gasteiger partial charge on any atom is -0.493 e. The van der Waals surface area contributed by atoms with Gasteiger partial charge in [-0.05, 0) is 28.1 Å². The predicted octanol–water partition coefficient (Wildman–Crippen LogP) is 2.02. The van der Waals surface area contributed by atoms with Crippen molar-refractivity contribution in [3.05, 3.63) is 70.9 Å². The maximum atomic E-state index is 13.6. The average molecular weight is 421 g/mol. The molecule has 0 bridgehead atoms. The highest BCUT2D eigenvalue weighted by atomic mass is 16.5. The standard InChI is InChI=1S/C21H19N5O5/c1-29-14-10-9-13(11-15(14)30-2)18-16(19(27)12-7-5-4-6-8-12)17(20(28)31-3)22-21-23-24-25-26(18)21/h4-11,18H,1-3H3,(H,22,23,25)/t18-/m0/s1. The monoisotopic (exact) mass is 421 g/mol. The highest BCUT2D eigenvalue weighted by Crippen LogP contribution is 2.39. The van der Waals surface area contributed by atoms with Crippen molar-refractivity contribution < 1.29 is 23.8 Å². The van der Waals surface area contributed by atoms with E-state index in [0.717, 1.165) is 0 Å². The fourth-order valence-corrected chi connectivity index (χ4v) is 3.46. The smallest absolute Gasteiger partial charge is 0.355 e. The van der Waals surface area contributed by atoms with Gasteiger partial charge in [-0.1, -0.05) is 41.5 Å². The van der Waals surface area contributed by atoms with E-state index in [-0.39, 0.29) is 23.0 Å². The summed E-state index contributed by atoms with van der Waals surface area (Å²) < 4.78 is 17.1. The number of hydrogen-bond acceptors (Lipinski definition) is 9. The van der Waals surface area contributed by atoms with E-state index in [1.54, 1.807) is 48.5 Å². The number of ketones is 1. The number of hydrogen-bond donors (Lipinski definition) is 1. The highest BCUT2D eigenvalue weighted by Gasteiger charge is 2.38. The summed E-state index contributed by atoms with van der Waals surface area (Å²) in [6.07, 6.45) is 0. The zero-order chi connectivity index (χ0) is 22.0. The number of tetrazole rings is 1. The van der Waals surface area contributed by atoms with Gasteiger partial charge in [-0.15, -0.1) is 0 Å². The van der Waals surface area contributed by atoms with E-state index in [0.29, 0.717) is 22.6 Å². The quantitative estimate of drug-likeness (QED) is 0.471. The molecule has 1 aromatic heterocycles. The molecular weight excluding hydrogens is 402 g/mol. The molecule has 158 valence electrons. The summed E-state index contributed by atoms with van der Waals surface area (Å²) in [6, 6.07) is 13.0. The van der Waals surface area contributed by atoms with Crippen LogP contribution in [0, 0.1) is 0 Å². The molecule has 31 heavy (non-hydrogen) atoms. The maximum absolute atomic E-state index is 13.6. The molecular formula is C21H19N5O5. The lowest BCUT2D eigenvalue weighted by Crippen LogP contribution is -2.33. The average Bonchev–Trinajstić information content (AvgIpc) is 3.30. The zero-order valence-corrected chi connectivity index (χ0v) is 17.0. The third kappa shape index (κ3) is 3.48. The van der Waals surface area contributed by atoms with E-state index in [1.807, 2.05) is 0 Å². The van der Waals surface area contributed by atoms with Crippen molar-refractivity contribution in [2.24, 2.45) is 0 Å². The summed E-state index contributed by atoms with van der Waals surface area (Å²) in [5.41, 5.74) is 1.14. The SMILES string of the molecule is COC(=O)C1=C(C(=O)c2ccccc2)[C@H](c2ccc(OC)c(OC)c2)n2nnnc2N1. The fraction of sp³-hybridized carbons (Fsp3) is 0.190. The van der Waals surface area contributed by atoms with Gasteiger partial charge in [0.05, 0.1) is 26.9 Å². The molecule has 1 atom stereocenters. The summed E-state index contributed by atoms with van der Waals surface area (Å²) >= 11 is 0. The molecule has 0 radical (unpaired) electrons. The van der Waals surface area contributed by atoms with Gasteiger partial charge in [-0.25, -0.2) is 4.79 Å². The Balaban J connectivity index is 1.96. The van der Waals surface area contributed by atoms with Crippen molar-refractivity contribution in [1.29, 1.82) is 0 Å². The van der Waals surface area contributed by atoms with Crippen molar-refractivity contribution in [2.75, 3.05) is 26.6 Å². The number of rotatable bonds is 6. The number of nitrogens with one attached hydrogen (secondary N) is 1. The molecule has 3 aromatic rings. The summed E-state index contributed by atoms with van der Waals surface area (Å²) in [5.74, 6) is 0.0998. The van der Waals surface area contributed by atoms with Gasteiger partial charge in [0.25, 0.3) is 0 Å². The number of fused-ring (bicyclic) bond motifs is 1. The van der Waals surface area contributed by atoms with Crippen LogP contribution in [0.2, 0.25) is 0 Å². The number of esters is 1. The number of carbonyl (C=O) groups is 2. The number of nitrogens with zero attached hydrogens (tertiary/aromatic N) is 4. The Morgan fingerprint density at radius 1 is 1.00 bits per heavy atom. The predicted molar refractivity (Wildman–Crippen MR) is 109 cm³/mol. The third-order valence-electron chi connectivity index (χ3n) is 4.91. The summed E-state index contributed by atoms with van der Waals surface area (Å²) in [6.45, 7) is 0. The molecule has 4 rings (SSSR count). The number of carbonyl (C=O) groups excluding carboxylic acids is 2. The molecule has 0 aliphatic carbocycles. The van der Waals surface area contributed by atoms with E-state index in [2.05, 4.69) is 20.8 Å². The number of methoxy groups -OCH3 is 3. The Morgan fingerprint density at radius 2 is 1.74 bits per heavy atom. The second-order valence-electron chi connectivity index (χ2n) is 6.56. The Hall–Kier alpha value is -4.21. The van der Waals surface area contributed by atoms with Gasteiger partial charge in [0.15, 0.2) is 17.3 Å². The van der Waals surface area contributed by atoms with Crippen LogP contribution in [0.25, 0.3) is 0 Å². The summed E-state index contributed by atoms with van der Waals surface area (Å²) in [5, 5.41) is 14.5. The lowest BCUT2D eigenvalue weighted by Gasteiger charge is -2.28. The van der Waals surface area contributed by atoms with Crippen LogP contribution in [0.4, 0.5) is 5.95 Å². The second kappa shape index (κ2) is 8.27. The minimum atomic E-state index is -0.812. The Morgan fingerprint density at radius 3 is 2.42 bits per heavy atom. The van der Waals surface area contributed by atoms with Crippen LogP contribution in [-0.2, 0) is 9.53 Å². The van der Waals surface area contributed by atoms with E-state index < -0.39 is 12.0 Å². The number of anilines is 1. The molecule has 10 heteroatoms. The van der Waals surface area contributed by atoms with E-state index in [9.17, 15) is 9.59 Å². The van der Waals surface area contributed by atoms with Crippen molar-refractivity contribution in [1.82, 2.24) is 20.2 Å². The molecule has 2 heterocycles. The van der Waals surface area contributed by atoms with Crippen LogP contribution in [0.1, 0.15) is 22.0 Å². The van der Waals surface area contributed by atoms with Crippen LogP contribution < -0.4 is 14.8 Å². The molecule has 1 N–H and O–H groups in total. The van der Waals surface area contributed by atoms with Crippen LogP contribution >= 0.6 is 0 Å². The summed E-state index contributed by atoms with van der Waals surface area (Å²) in [7, 11) is 4.28. The molecule has 0 saturated heterocycles. The Kier molecular flexibility index (Phi) is 5.35. The van der Waals surface area contributed by atoms with Gasteiger partial charge in [-0.2, -0.15) is 4.68 Å². The van der Waals surface area contributed by atoms with Crippen LogP contribution in [-0.4, -0.2) is 53.3 Å². The molecule has 0 saturated carbocycles. The zero-order valence-electron chi connectivity index (χ0n) is 17.0. The lowest BCUT2D eigenvalue weighted by molar-refractivity contribution is -0.136. The topological polar surface area (TPSA) is 117 Å². The second-order valence-corrected chi connectivity index (χ2v) is 6.56. The first-order chi connectivity index (χ1) is 15.1. The van der Waals surface area contributed by atoms with Crippen LogP contribution in [0.15, 0.2) is 59.8 Å². The molecule has 1 aliphatic heterocycles. The van der Waals surface area contributed by atoms with Crippen molar-refractivity contribution in [3.8, 4) is 11.5 Å². The van der Waals surface area contributed by atoms with Gasteiger partial charge in [-0.3, -0.25) is 4.79 Å². The molecule has 2 aromatic carbocycles. The highest BCUT2D eigenvalue weighted by molar-refractivity contribution is 6.14. The Labute approximate surface area is 177 Å². The van der Waals surface area contributed by atoms with E-state index in [4.69, 9.17) is 14.2 Å². The normalized spacial score (nSPS) is 15.0. The lowest BCUT2D eigenvalue weighted by atomic mass is 9.89. The first-order valence-electron chi connectivity index (χ1n) is 9.28. The summed E-state index contributed by atoms with van der Waals surface area (Å²) in [4.78, 5) is 26.2. The molecule has 10 nitrogen and oxygen atoms in total. The van der Waals surface area contributed by atoms with Gasteiger partial charge < -0.3 is 19.5 Å². The van der Waals surface area contributed by atoms with Gasteiger partial charge in [0, 0.05) is 5.56 Å². The van der Waals surface area contributed by atoms with Crippen molar-refractivity contribution in [3.63, 3.8) is 0 Å². The van der Waals surface area contributed by atoms with Crippen LogP contribution in [0.3, 0.4) is 0 Å². The molecule has 0 amide bonds. The van der Waals surface area contributed by atoms with Gasteiger partial charge >= 0.3 is 5.97 Å². The van der Waals surface area contributed by atoms with E-state index >= 15 is 0 Å².